The number of rotatable bonds is 7. The fourth-order valence-electron chi connectivity index (χ4n) is 1.30. The van der Waals surface area contributed by atoms with Crippen molar-refractivity contribution in [3.63, 3.8) is 0 Å². The molecule has 0 saturated carbocycles. The molecule has 0 spiro atoms. The molecule has 0 aromatic rings. The number of carboxylic acids is 1. The van der Waals surface area contributed by atoms with E-state index in [1.54, 1.807) is 0 Å². The number of aliphatic carboxylic acids is 1. The van der Waals surface area contributed by atoms with Gasteiger partial charge >= 0.3 is 105 Å². The molecule has 170 valence electrons. The fraction of sp³-hybridized carbons (Fsp3) is 0.889. The van der Waals surface area contributed by atoms with Crippen LogP contribution in [0, 0.1) is 0 Å². The minimum absolute atomic E-state index is 0. The average molecular weight is 504 g/mol. The summed E-state index contributed by atoms with van der Waals surface area (Å²) < 4.78 is 214. The van der Waals surface area contributed by atoms with Crippen LogP contribution in [0.1, 0.15) is 0 Å². The molecular weight excluding hydrogens is 502 g/mol. The van der Waals surface area contributed by atoms with Gasteiger partial charge in [-0.05, 0) is 0 Å². The molecule has 0 aliphatic carbocycles. The Kier molecular flexibility index (Phi) is 8.37. The predicted molar refractivity (Wildman–Crippen MR) is 55.5 cm³/mol. The van der Waals surface area contributed by atoms with E-state index in [9.17, 15) is 79.4 Å². The Morgan fingerprint density at radius 3 is 0.862 bits per heavy atom. The van der Waals surface area contributed by atoms with E-state index in [0.29, 0.717) is 0 Å². The molecule has 0 rings (SSSR count). The summed E-state index contributed by atoms with van der Waals surface area (Å²) in [5.41, 5.74) is 0. The van der Waals surface area contributed by atoms with Gasteiger partial charge in [0.05, 0.1) is 0 Å². The second kappa shape index (κ2) is 7.80. The van der Waals surface area contributed by atoms with Crippen LogP contribution in [-0.4, -0.2) is 110 Å². The Labute approximate surface area is 188 Å². The molecular formula is C9H2F17KO2. The van der Waals surface area contributed by atoms with Gasteiger partial charge in [0.2, 0.25) is 0 Å². The fourth-order valence-corrected chi connectivity index (χ4v) is 1.30. The maximum atomic E-state index is 13.0. The molecule has 2 nitrogen and oxygen atoms in total. The molecule has 0 amide bonds. The van der Waals surface area contributed by atoms with Gasteiger partial charge in [-0.25, -0.2) is 4.79 Å². The first-order chi connectivity index (χ1) is 11.7. The van der Waals surface area contributed by atoms with Gasteiger partial charge < -0.3 is 5.11 Å². The molecule has 29 heavy (non-hydrogen) atoms. The van der Waals surface area contributed by atoms with E-state index in [4.69, 9.17) is 5.11 Å². The summed E-state index contributed by atoms with van der Waals surface area (Å²) in [6.45, 7) is 0. The normalized spacial score (nSPS) is 15.8. The molecule has 0 fully saturated rings. The van der Waals surface area contributed by atoms with Crippen LogP contribution in [0.2, 0.25) is 0 Å². The molecule has 0 aromatic carbocycles. The van der Waals surface area contributed by atoms with Gasteiger partial charge in [0.15, 0.2) is 0 Å². The van der Waals surface area contributed by atoms with Crippen LogP contribution < -0.4 is 0 Å². The SMILES string of the molecule is O=C(O)C(F)(F)C(F)(F)C(F)(F)C(F)(F)C(F)(F)C(F)(F)C(F)(F)C(F)(F)F.[KH]. The van der Waals surface area contributed by atoms with E-state index in [1.807, 2.05) is 0 Å². The number of carbonyl (C=O) groups is 1. The first-order valence-electron chi connectivity index (χ1n) is 5.64. The number of hydrogen-bond donors (Lipinski definition) is 1. The van der Waals surface area contributed by atoms with Crippen LogP contribution in [0.4, 0.5) is 74.6 Å². The Morgan fingerprint density at radius 2 is 0.655 bits per heavy atom. The van der Waals surface area contributed by atoms with Crippen molar-refractivity contribution < 1.29 is 84.5 Å². The Balaban J connectivity index is 0. The summed E-state index contributed by atoms with van der Waals surface area (Å²) in [6, 6.07) is 0. The standard InChI is InChI=1S/C9HF17O2.K.H/c10-2(11,1(27)28)3(12,13)4(14,15)5(16,17)6(18,19)7(20,21)8(22,23)9(24,25)26;;/h(H,27,28);;. The van der Waals surface area contributed by atoms with Gasteiger partial charge in [0, 0.05) is 0 Å². The van der Waals surface area contributed by atoms with E-state index in [1.165, 1.54) is 0 Å². The summed E-state index contributed by atoms with van der Waals surface area (Å²) in [5, 5.41) is 7.59. The van der Waals surface area contributed by atoms with E-state index >= 15 is 0 Å². The molecule has 0 aliphatic rings. The van der Waals surface area contributed by atoms with E-state index in [-0.39, 0.29) is 51.4 Å². The molecule has 0 aliphatic heterocycles. The van der Waals surface area contributed by atoms with Gasteiger partial charge in [-0.1, -0.05) is 0 Å². The molecule has 0 bridgehead atoms. The summed E-state index contributed by atoms with van der Waals surface area (Å²) in [4.78, 5) is 9.77. The predicted octanol–water partition coefficient (Wildman–Crippen LogP) is 4.43. The third-order valence-corrected chi connectivity index (χ3v) is 2.99. The van der Waals surface area contributed by atoms with Crippen molar-refractivity contribution in [3.05, 3.63) is 0 Å². The summed E-state index contributed by atoms with van der Waals surface area (Å²) >= 11 is 0. The molecule has 0 unspecified atom stereocenters. The van der Waals surface area contributed by atoms with Gasteiger partial charge in [-0.2, -0.15) is 74.6 Å². The molecule has 0 saturated heterocycles. The van der Waals surface area contributed by atoms with Gasteiger partial charge in [-0.15, -0.1) is 0 Å². The third kappa shape index (κ3) is 3.95. The molecule has 0 aromatic heterocycles. The Hall–Kier alpha value is -0.0836. The minimum atomic E-state index is -8.76. The molecule has 1 N–H and O–H groups in total. The van der Waals surface area contributed by atoms with E-state index < -0.39 is 53.6 Å². The second-order valence-electron chi connectivity index (χ2n) is 4.82. The van der Waals surface area contributed by atoms with Crippen molar-refractivity contribution in [1.29, 1.82) is 0 Å². The summed E-state index contributed by atoms with van der Waals surface area (Å²) in [6.07, 6.45) is -7.83. The topological polar surface area (TPSA) is 37.3 Å². The summed E-state index contributed by atoms with van der Waals surface area (Å²) in [5.74, 6) is -62.9. The van der Waals surface area contributed by atoms with Gasteiger partial charge in [0.1, 0.15) is 0 Å². The zero-order valence-corrected chi connectivity index (χ0v) is 11.8. The number of carboxylic acid groups (broad SMARTS) is 1. The Morgan fingerprint density at radius 1 is 0.448 bits per heavy atom. The molecule has 20 heteroatoms. The second-order valence-corrected chi connectivity index (χ2v) is 4.82. The van der Waals surface area contributed by atoms with Crippen molar-refractivity contribution in [2.24, 2.45) is 0 Å². The van der Waals surface area contributed by atoms with Gasteiger partial charge in [0.25, 0.3) is 0 Å². The van der Waals surface area contributed by atoms with Crippen LogP contribution in [0.25, 0.3) is 0 Å². The zero-order valence-electron chi connectivity index (χ0n) is 11.8. The van der Waals surface area contributed by atoms with Crippen LogP contribution >= 0.6 is 0 Å². The van der Waals surface area contributed by atoms with Crippen molar-refractivity contribution in [2.45, 2.75) is 47.6 Å². The number of alkyl halides is 17. The van der Waals surface area contributed by atoms with Crippen LogP contribution in [0.5, 0.6) is 0 Å². The van der Waals surface area contributed by atoms with E-state index in [0.717, 1.165) is 0 Å². The van der Waals surface area contributed by atoms with Crippen molar-refractivity contribution >= 4 is 57.4 Å². The number of halogens is 17. The monoisotopic (exact) mass is 504 g/mol. The van der Waals surface area contributed by atoms with Gasteiger partial charge in [-0.3, -0.25) is 0 Å². The average Bonchev–Trinajstić information content (AvgIpc) is 2.44. The van der Waals surface area contributed by atoms with Crippen LogP contribution in [0.15, 0.2) is 0 Å². The molecule has 0 heterocycles. The first-order valence-corrected chi connectivity index (χ1v) is 5.64. The third-order valence-electron chi connectivity index (χ3n) is 2.99. The molecule has 0 atom stereocenters. The zero-order chi connectivity index (χ0) is 23.6. The molecule has 0 radical (unpaired) electrons. The van der Waals surface area contributed by atoms with Crippen LogP contribution in [-0.2, 0) is 4.79 Å². The summed E-state index contributed by atoms with van der Waals surface area (Å²) in [7, 11) is 0. The Bertz CT molecular complexity index is 621. The maximum absolute atomic E-state index is 13.0. The van der Waals surface area contributed by atoms with E-state index in [2.05, 4.69) is 0 Å². The number of hydrogen-bond acceptors (Lipinski definition) is 1. The van der Waals surface area contributed by atoms with Crippen molar-refractivity contribution in [3.8, 4) is 0 Å². The van der Waals surface area contributed by atoms with Crippen molar-refractivity contribution in [1.82, 2.24) is 0 Å². The van der Waals surface area contributed by atoms with Crippen LogP contribution in [0.3, 0.4) is 0 Å². The first kappa shape index (κ1) is 31.1. The quantitative estimate of drug-likeness (QED) is 0.412. The van der Waals surface area contributed by atoms with Crippen molar-refractivity contribution in [2.75, 3.05) is 0 Å².